The minimum atomic E-state index is -0.104. The maximum atomic E-state index is 12.2. The smallest absolute Gasteiger partial charge is 0.238 e. The number of nitrogens with zero attached hydrogens (tertiary/aromatic N) is 1. The van der Waals surface area contributed by atoms with Crippen LogP contribution in [0.4, 0.5) is 5.69 Å². The Morgan fingerprint density at radius 3 is 2.50 bits per heavy atom. The van der Waals surface area contributed by atoms with Gasteiger partial charge >= 0.3 is 0 Å². The van der Waals surface area contributed by atoms with Crippen LogP contribution in [-0.4, -0.2) is 44.7 Å². The van der Waals surface area contributed by atoms with E-state index in [-0.39, 0.29) is 5.91 Å². The number of nitrogens with one attached hydrogen (secondary N) is 1. The predicted molar refractivity (Wildman–Crippen MR) is 90.2 cm³/mol. The fourth-order valence-corrected chi connectivity index (χ4v) is 2.40. The average molecular weight is 329 g/mol. The van der Waals surface area contributed by atoms with Gasteiger partial charge < -0.3 is 14.8 Å². The summed E-state index contributed by atoms with van der Waals surface area (Å²) in [6.45, 7) is 4.56. The van der Waals surface area contributed by atoms with Crippen LogP contribution in [0.1, 0.15) is 26.7 Å². The van der Waals surface area contributed by atoms with Gasteiger partial charge in [0.05, 0.1) is 31.5 Å². The summed E-state index contributed by atoms with van der Waals surface area (Å²) in [4.78, 5) is 14.2. The summed E-state index contributed by atoms with van der Waals surface area (Å²) < 4.78 is 10.4. The van der Waals surface area contributed by atoms with Crippen molar-refractivity contribution in [2.24, 2.45) is 0 Å². The molecule has 124 valence electrons. The van der Waals surface area contributed by atoms with E-state index in [0.29, 0.717) is 34.8 Å². The van der Waals surface area contributed by atoms with E-state index >= 15 is 0 Å². The van der Waals surface area contributed by atoms with Gasteiger partial charge in [-0.15, -0.1) is 0 Å². The minimum absolute atomic E-state index is 0.104. The second-order valence-corrected chi connectivity index (χ2v) is 5.70. The highest BCUT2D eigenvalue weighted by Crippen LogP contribution is 2.35. The van der Waals surface area contributed by atoms with Crippen LogP contribution in [0.25, 0.3) is 0 Å². The number of carbonyl (C=O) groups excluding carboxylic acids is 1. The number of methoxy groups -OCH3 is 2. The maximum Gasteiger partial charge on any atom is 0.238 e. The van der Waals surface area contributed by atoms with Crippen molar-refractivity contribution in [3.8, 4) is 11.5 Å². The molecule has 0 aliphatic rings. The number of hydrogen-bond donors (Lipinski definition) is 1. The lowest BCUT2D eigenvalue weighted by molar-refractivity contribution is -0.117. The quantitative estimate of drug-likeness (QED) is 0.794. The van der Waals surface area contributed by atoms with Crippen molar-refractivity contribution in [2.75, 3.05) is 33.1 Å². The van der Waals surface area contributed by atoms with Crippen LogP contribution in [-0.2, 0) is 4.79 Å². The lowest BCUT2D eigenvalue weighted by atomic mass is 10.2. The van der Waals surface area contributed by atoms with E-state index in [1.807, 2.05) is 11.9 Å². The normalized spacial score (nSPS) is 12.1. The van der Waals surface area contributed by atoms with Gasteiger partial charge in [-0.3, -0.25) is 9.69 Å². The summed E-state index contributed by atoms with van der Waals surface area (Å²) in [7, 11) is 5.00. The molecule has 1 aromatic rings. The topological polar surface area (TPSA) is 50.8 Å². The van der Waals surface area contributed by atoms with E-state index in [0.717, 1.165) is 12.8 Å². The van der Waals surface area contributed by atoms with Gasteiger partial charge in [0.15, 0.2) is 0 Å². The van der Waals surface area contributed by atoms with E-state index in [1.54, 1.807) is 12.1 Å². The first-order valence-corrected chi connectivity index (χ1v) is 7.72. The number of amides is 1. The van der Waals surface area contributed by atoms with E-state index in [9.17, 15) is 4.79 Å². The van der Waals surface area contributed by atoms with Crippen molar-refractivity contribution in [1.29, 1.82) is 0 Å². The number of ether oxygens (including phenoxy) is 2. The lowest BCUT2D eigenvalue weighted by Gasteiger charge is -2.23. The molecule has 1 amide bonds. The van der Waals surface area contributed by atoms with Gasteiger partial charge in [0, 0.05) is 18.2 Å². The Morgan fingerprint density at radius 1 is 1.32 bits per heavy atom. The molecule has 0 heterocycles. The Labute approximate surface area is 137 Å². The Bertz CT molecular complexity index is 508. The highest BCUT2D eigenvalue weighted by molar-refractivity contribution is 6.32. The number of likely N-dealkylation sites (N-methyl/N-ethyl adjacent to an activating group) is 1. The molecule has 1 N–H and O–H groups in total. The molecule has 5 nitrogen and oxygen atoms in total. The zero-order valence-corrected chi connectivity index (χ0v) is 14.7. The summed E-state index contributed by atoms with van der Waals surface area (Å²) in [5, 5.41) is 3.28. The van der Waals surface area contributed by atoms with E-state index < -0.39 is 0 Å². The Kier molecular flexibility index (Phi) is 7.48. The zero-order chi connectivity index (χ0) is 16.7. The van der Waals surface area contributed by atoms with Gasteiger partial charge in [0.25, 0.3) is 0 Å². The van der Waals surface area contributed by atoms with Gasteiger partial charge in [0.1, 0.15) is 11.5 Å². The van der Waals surface area contributed by atoms with Crippen LogP contribution in [0.2, 0.25) is 5.02 Å². The second kappa shape index (κ2) is 8.86. The fraction of sp³-hybridized carbons (Fsp3) is 0.562. The molecule has 0 fully saturated rings. The third-order valence-electron chi connectivity index (χ3n) is 3.60. The molecule has 1 atom stereocenters. The highest BCUT2D eigenvalue weighted by atomic mass is 35.5. The van der Waals surface area contributed by atoms with Gasteiger partial charge in [-0.25, -0.2) is 0 Å². The van der Waals surface area contributed by atoms with Crippen molar-refractivity contribution in [3.05, 3.63) is 17.2 Å². The predicted octanol–water partition coefficient (Wildman–Crippen LogP) is 3.42. The lowest BCUT2D eigenvalue weighted by Crippen LogP contribution is -2.36. The highest BCUT2D eigenvalue weighted by Gasteiger charge is 2.16. The van der Waals surface area contributed by atoms with E-state index in [1.165, 1.54) is 14.2 Å². The van der Waals surface area contributed by atoms with E-state index in [4.69, 9.17) is 21.1 Å². The van der Waals surface area contributed by atoms with Crippen molar-refractivity contribution >= 4 is 23.2 Å². The summed E-state index contributed by atoms with van der Waals surface area (Å²) >= 11 is 6.05. The zero-order valence-electron chi connectivity index (χ0n) is 13.9. The molecule has 0 aliphatic carbocycles. The third kappa shape index (κ3) is 5.07. The second-order valence-electron chi connectivity index (χ2n) is 5.29. The number of anilines is 1. The molecule has 0 aliphatic heterocycles. The summed E-state index contributed by atoms with van der Waals surface area (Å²) in [5.74, 6) is 0.891. The summed E-state index contributed by atoms with van der Waals surface area (Å²) in [6.07, 6.45) is 2.15. The average Bonchev–Trinajstić information content (AvgIpc) is 2.48. The van der Waals surface area contributed by atoms with Crippen LogP contribution in [0.15, 0.2) is 12.1 Å². The molecule has 0 radical (unpaired) electrons. The van der Waals surface area contributed by atoms with Crippen molar-refractivity contribution < 1.29 is 14.3 Å². The number of hydrogen-bond acceptors (Lipinski definition) is 4. The first-order valence-electron chi connectivity index (χ1n) is 7.34. The first-order chi connectivity index (χ1) is 10.4. The molecule has 0 spiro atoms. The van der Waals surface area contributed by atoms with Crippen LogP contribution >= 0.6 is 11.6 Å². The molecule has 0 bridgehead atoms. The van der Waals surface area contributed by atoms with Crippen molar-refractivity contribution in [3.63, 3.8) is 0 Å². The van der Waals surface area contributed by atoms with Crippen LogP contribution in [0, 0.1) is 0 Å². The maximum absolute atomic E-state index is 12.2. The largest absolute Gasteiger partial charge is 0.495 e. The Balaban J connectivity index is 2.79. The van der Waals surface area contributed by atoms with Gasteiger partial charge in [-0.2, -0.15) is 0 Å². The van der Waals surface area contributed by atoms with Gasteiger partial charge in [-0.1, -0.05) is 24.9 Å². The Morgan fingerprint density at radius 2 is 1.95 bits per heavy atom. The number of halogens is 1. The molecule has 0 aromatic heterocycles. The number of rotatable bonds is 8. The molecule has 1 unspecified atom stereocenters. The van der Waals surface area contributed by atoms with E-state index in [2.05, 4.69) is 19.2 Å². The summed E-state index contributed by atoms with van der Waals surface area (Å²) in [6, 6.07) is 3.64. The molecule has 0 saturated carbocycles. The molecule has 22 heavy (non-hydrogen) atoms. The molecule has 1 rings (SSSR count). The minimum Gasteiger partial charge on any atom is -0.495 e. The molecular formula is C16H25ClN2O3. The molecule has 1 aromatic carbocycles. The monoisotopic (exact) mass is 328 g/mol. The SMILES string of the molecule is CCCC(C)N(C)CC(=O)Nc1cc(OC)c(Cl)cc1OC. The molecular weight excluding hydrogens is 304 g/mol. The standard InChI is InChI=1S/C16H25ClN2O3/c1-6-7-11(2)19(3)10-16(20)18-13-9-14(21-4)12(17)8-15(13)22-5/h8-9,11H,6-7,10H2,1-5H3,(H,18,20). The summed E-state index contributed by atoms with van der Waals surface area (Å²) in [5.41, 5.74) is 0.547. The van der Waals surface area contributed by atoms with Crippen molar-refractivity contribution in [2.45, 2.75) is 32.7 Å². The number of carbonyl (C=O) groups is 1. The van der Waals surface area contributed by atoms with Gasteiger partial charge in [0.2, 0.25) is 5.91 Å². The first kappa shape index (κ1) is 18.6. The fourth-order valence-electron chi connectivity index (χ4n) is 2.17. The molecule has 0 saturated heterocycles. The van der Waals surface area contributed by atoms with Crippen molar-refractivity contribution in [1.82, 2.24) is 4.90 Å². The van der Waals surface area contributed by atoms with Crippen LogP contribution in [0.3, 0.4) is 0 Å². The number of benzene rings is 1. The van der Waals surface area contributed by atoms with Crippen LogP contribution < -0.4 is 14.8 Å². The van der Waals surface area contributed by atoms with Gasteiger partial charge in [-0.05, 0) is 20.4 Å². The van der Waals surface area contributed by atoms with Crippen LogP contribution in [0.5, 0.6) is 11.5 Å². The Hall–Kier alpha value is -1.46. The molecule has 6 heteroatoms. The third-order valence-corrected chi connectivity index (χ3v) is 3.90.